The summed E-state index contributed by atoms with van der Waals surface area (Å²) in [6, 6.07) is 7.76. The van der Waals surface area contributed by atoms with Gasteiger partial charge in [-0.1, -0.05) is 26.0 Å². The molecule has 0 aliphatic carbocycles. The number of nitrogens with zero attached hydrogens (tertiary/aromatic N) is 1. The highest BCUT2D eigenvalue weighted by Gasteiger charge is 2.09. The Morgan fingerprint density at radius 1 is 1.22 bits per heavy atom. The van der Waals surface area contributed by atoms with Crippen molar-refractivity contribution in [2.45, 2.75) is 53.0 Å². The third kappa shape index (κ3) is 11.7. The second-order valence-corrected chi connectivity index (χ2v) is 6.77. The van der Waals surface area contributed by atoms with Crippen LogP contribution >= 0.6 is 24.0 Å². The summed E-state index contributed by atoms with van der Waals surface area (Å²) in [6.45, 7) is 10.3. The van der Waals surface area contributed by atoms with Gasteiger partial charge in [0, 0.05) is 19.5 Å². The number of halogens is 1. The summed E-state index contributed by atoms with van der Waals surface area (Å²) in [7, 11) is 0. The number of rotatable bonds is 11. The predicted molar refractivity (Wildman–Crippen MR) is 123 cm³/mol. The molecule has 1 amide bonds. The molecule has 154 valence electrons. The number of hydrogen-bond acceptors (Lipinski definition) is 3. The summed E-state index contributed by atoms with van der Waals surface area (Å²) >= 11 is 0. The fraction of sp³-hybridized carbons (Fsp3) is 0.600. The standard InChI is InChI=1S/C20H34N4O2.HI/c1-5-26-18-10-8-17(9-11-18)16(4)24-19(25)7-6-13-22-20(21)23-14-12-15(2)3;/h8-11,15-16H,5-7,12-14H2,1-4H3,(H,24,25)(H3,21,22,23);1H. The van der Waals surface area contributed by atoms with Crippen LogP contribution in [0.3, 0.4) is 0 Å². The fourth-order valence-electron chi connectivity index (χ4n) is 2.40. The van der Waals surface area contributed by atoms with Gasteiger partial charge in [0.25, 0.3) is 0 Å². The van der Waals surface area contributed by atoms with Gasteiger partial charge in [0.1, 0.15) is 5.75 Å². The van der Waals surface area contributed by atoms with Crippen molar-refractivity contribution in [3.8, 4) is 5.75 Å². The average Bonchev–Trinajstić information content (AvgIpc) is 2.59. The molecule has 1 atom stereocenters. The quantitative estimate of drug-likeness (QED) is 0.191. The highest BCUT2D eigenvalue weighted by molar-refractivity contribution is 14.0. The topological polar surface area (TPSA) is 88.7 Å². The van der Waals surface area contributed by atoms with Crippen LogP contribution in [-0.4, -0.2) is 31.6 Å². The highest BCUT2D eigenvalue weighted by atomic mass is 127. The zero-order valence-corrected chi connectivity index (χ0v) is 19.3. The van der Waals surface area contributed by atoms with E-state index in [2.05, 4.69) is 29.5 Å². The van der Waals surface area contributed by atoms with Gasteiger partial charge in [-0.2, -0.15) is 0 Å². The van der Waals surface area contributed by atoms with Crippen molar-refractivity contribution in [2.75, 3.05) is 19.7 Å². The van der Waals surface area contributed by atoms with E-state index in [0.717, 1.165) is 24.3 Å². The first kappa shape index (κ1) is 25.5. The second kappa shape index (κ2) is 14.5. The minimum absolute atomic E-state index is 0. The van der Waals surface area contributed by atoms with Gasteiger partial charge in [-0.05, 0) is 50.3 Å². The summed E-state index contributed by atoms with van der Waals surface area (Å²) in [5.74, 6) is 1.95. The van der Waals surface area contributed by atoms with E-state index in [1.165, 1.54) is 0 Å². The van der Waals surface area contributed by atoms with E-state index in [9.17, 15) is 4.79 Å². The molecule has 6 nitrogen and oxygen atoms in total. The lowest BCUT2D eigenvalue weighted by atomic mass is 10.1. The van der Waals surface area contributed by atoms with Crippen LogP contribution in [0.5, 0.6) is 5.75 Å². The van der Waals surface area contributed by atoms with E-state index in [1.54, 1.807) is 0 Å². The third-order valence-electron chi connectivity index (χ3n) is 3.94. The van der Waals surface area contributed by atoms with Gasteiger partial charge in [-0.15, -0.1) is 24.0 Å². The molecular weight excluding hydrogens is 455 g/mol. The van der Waals surface area contributed by atoms with Crippen molar-refractivity contribution in [1.82, 2.24) is 10.6 Å². The normalized spacial score (nSPS) is 12.3. The molecule has 0 fully saturated rings. The van der Waals surface area contributed by atoms with Gasteiger partial charge in [0.15, 0.2) is 5.96 Å². The lowest BCUT2D eigenvalue weighted by molar-refractivity contribution is -0.121. The Labute approximate surface area is 180 Å². The maximum atomic E-state index is 12.1. The molecule has 0 spiro atoms. The van der Waals surface area contributed by atoms with Gasteiger partial charge in [0.05, 0.1) is 12.6 Å². The molecule has 1 unspecified atom stereocenters. The molecule has 0 aliphatic rings. The van der Waals surface area contributed by atoms with Gasteiger partial charge in [-0.25, -0.2) is 0 Å². The molecule has 0 aliphatic heterocycles. The van der Waals surface area contributed by atoms with Crippen molar-refractivity contribution >= 4 is 35.8 Å². The van der Waals surface area contributed by atoms with E-state index in [0.29, 0.717) is 37.9 Å². The number of ether oxygens (including phenoxy) is 1. The van der Waals surface area contributed by atoms with Crippen molar-refractivity contribution < 1.29 is 9.53 Å². The number of carbonyl (C=O) groups excluding carboxylic acids is 1. The van der Waals surface area contributed by atoms with Crippen LogP contribution in [0.1, 0.15) is 58.6 Å². The molecule has 7 heteroatoms. The maximum Gasteiger partial charge on any atom is 0.220 e. The second-order valence-electron chi connectivity index (χ2n) is 6.77. The summed E-state index contributed by atoms with van der Waals surface area (Å²) in [5, 5.41) is 6.09. The fourth-order valence-corrected chi connectivity index (χ4v) is 2.40. The first-order valence-corrected chi connectivity index (χ1v) is 9.48. The third-order valence-corrected chi connectivity index (χ3v) is 3.94. The van der Waals surface area contributed by atoms with Crippen molar-refractivity contribution in [2.24, 2.45) is 16.6 Å². The van der Waals surface area contributed by atoms with Crippen LogP contribution in [0.4, 0.5) is 0 Å². The van der Waals surface area contributed by atoms with Gasteiger partial charge in [-0.3, -0.25) is 9.79 Å². The number of guanidine groups is 1. The number of benzene rings is 1. The highest BCUT2D eigenvalue weighted by Crippen LogP contribution is 2.17. The first-order chi connectivity index (χ1) is 12.4. The van der Waals surface area contributed by atoms with E-state index in [1.807, 2.05) is 38.1 Å². The number of aliphatic imine (C=N–C) groups is 1. The Morgan fingerprint density at radius 2 is 1.89 bits per heavy atom. The molecule has 4 N–H and O–H groups in total. The summed E-state index contributed by atoms with van der Waals surface area (Å²) < 4.78 is 5.43. The minimum Gasteiger partial charge on any atom is -0.494 e. The molecule has 1 aromatic carbocycles. The SMILES string of the molecule is CCOc1ccc(C(C)NC(=O)CCCN=C(N)NCCC(C)C)cc1.I. The van der Waals surface area contributed by atoms with Crippen LogP contribution in [0.2, 0.25) is 0 Å². The Morgan fingerprint density at radius 3 is 2.48 bits per heavy atom. The molecule has 0 heterocycles. The average molecular weight is 490 g/mol. The molecule has 27 heavy (non-hydrogen) atoms. The molecule has 0 radical (unpaired) electrons. The molecule has 0 bridgehead atoms. The Bertz CT molecular complexity index is 562. The number of nitrogens with one attached hydrogen (secondary N) is 2. The molecule has 0 aromatic heterocycles. The van der Waals surface area contributed by atoms with Crippen LogP contribution in [0.15, 0.2) is 29.3 Å². The zero-order valence-electron chi connectivity index (χ0n) is 17.0. The van der Waals surface area contributed by atoms with Crippen LogP contribution in [0.25, 0.3) is 0 Å². The minimum atomic E-state index is -0.0375. The Hall–Kier alpha value is -1.51. The van der Waals surface area contributed by atoms with Gasteiger partial charge >= 0.3 is 0 Å². The summed E-state index contributed by atoms with van der Waals surface area (Å²) in [5.41, 5.74) is 6.85. The molecule has 1 rings (SSSR count). The summed E-state index contributed by atoms with van der Waals surface area (Å²) in [4.78, 5) is 16.3. The van der Waals surface area contributed by atoms with Gasteiger partial charge < -0.3 is 21.1 Å². The van der Waals surface area contributed by atoms with Crippen molar-refractivity contribution in [3.05, 3.63) is 29.8 Å². The number of hydrogen-bond donors (Lipinski definition) is 3. The van der Waals surface area contributed by atoms with Crippen LogP contribution in [-0.2, 0) is 4.79 Å². The smallest absolute Gasteiger partial charge is 0.220 e. The molecule has 0 saturated carbocycles. The molecular formula is C20H35IN4O2. The summed E-state index contributed by atoms with van der Waals surface area (Å²) in [6.07, 6.45) is 2.17. The molecule has 0 saturated heterocycles. The number of amides is 1. The van der Waals surface area contributed by atoms with E-state index >= 15 is 0 Å². The van der Waals surface area contributed by atoms with E-state index in [4.69, 9.17) is 10.5 Å². The largest absolute Gasteiger partial charge is 0.494 e. The Kier molecular flexibility index (Phi) is 13.7. The van der Waals surface area contributed by atoms with Crippen LogP contribution < -0.4 is 21.1 Å². The maximum absolute atomic E-state index is 12.1. The first-order valence-electron chi connectivity index (χ1n) is 9.48. The van der Waals surface area contributed by atoms with Crippen LogP contribution in [0, 0.1) is 5.92 Å². The molecule has 1 aromatic rings. The van der Waals surface area contributed by atoms with E-state index in [-0.39, 0.29) is 35.9 Å². The Balaban J connectivity index is 0.00000676. The monoisotopic (exact) mass is 490 g/mol. The van der Waals surface area contributed by atoms with Crippen molar-refractivity contribution in [3.63, 3.8) is 0 Å². The van der Waals surface area contributed by atoms with Crippen molar-refractivity contribution in [1.29, 1.82) is 0 Å². The predicted octanol–water partition coefficient (Wildman–Crippen LogP) is 3.61. The lowest BCUT2D eigenvalue weighted by Gasteiger charge is -2.15. The van der Waals surface area contributed by atoms with E-state index < -0.39 is 0 Å². The van der Waals surface area contributed by atoms with Gasteiger partial charge in [0.2, 0.25) is 5.91 Å². The zero-order chi connectivity index (χ0) is 19.4. The lowest BCUT2D eigenvalue weighted by Crippen LogP contribution is -2.33. The number of nitrogens with two attached hydrogens (primary N) is 1. The number of carbonyl (C=O) groups is 1.